The van der Waals surface area contributed by atoms with Crippen LogP contribution in [-0.2, 0) is 7.05 Å². The summed E-state index contributed by atoms with van der Waals surface area (Å²) in [6, 6.07) is 2.49. The molecule has 0 bridgehead atoms. The zero-order chi connectivity index (χ0) is 12.4. The van der Waals surface area contributed by atoms with Crippen LogP contribution in [0.5, 0.6) is 0 Å². The van der Waals surface area contributed by atoms with Crippen molar-refractivity contribution in [2.75, 3.05) is 0 Å². The molecule has 0 aliphatic carbocycles. The van der Waals surface area contributed by atoms with Gasteiger partial charge in [-0.2, -0.15) is 0 Å². The van der Waals surface area contributed by atoms with Gasteiger partial charge >= 0.3 is 0 Å². The molecule has 0 atom stereocenters. The minimum Gasteiger partial charge on any atom is -0.258 e. The van der Waals surface area contributed by atoms with Gasteiger partial charge in [-0.15, -0.1) is 5.10 Å². The first-order valence-corrected chi connectivity index (χ1v) is 5.48. The molecular weight excluding hydrogens is 268 g/mol. The molecule has 0 saturated heterocycles. The molecule has 0 aromatic carbocycles. The SMILES string of the molecule is Cn1nnnc1Sc1cc([N+](=O)[O-])cc(Cl)n1. The summed E-state index contributed by atoms with van der Waals surface area (Å²) >= 11 is 6.78. The molecule has 17 heavy (non-hydrogen) atoms. The molecule has 0 amide bonds. The molecule has 0 aliphatic rings. The van der Waals surface area contributed by atoms with Gasteiger partial charge in [-0.1, -0.05) is 11.6 Å². The Morgan fingerprint density at radius 2 is 2.29 bits per heavy atom. The van der Waals surface area contributed by atoms with E-state index < -0.39 is 4.92 Å². The van der Waals surface area contributed by atoms with Gasteiger partial charge in [0.1, 0.15) is 10.2 Å². The fourth-order valence-corrected chi connectivity index (χ4v) is 2.03. The molecule has 0 saturated carbocycles. The standard InChI is InChI=1S/C7H5ClN6O2S/c1-13-7(10-11-12-13)17-6-3-4(14(15)16)2-5(8)9-6/h2-3H,1H3. The zero-order valence-electron chi connectivity index (χ0n) is 8.44. The van der Waals surface area contributed by atoms with Gasteiger partial charge in [-0.3, -0.25) is 10.1 Å². The number of nitrogens with zero attached hydrogens (tertiary/aromatic N) is 6. The molecule has 2 aromatic heterocycles. The highest BCUT2D eigenvalue weighted by Gasteiger charge is 2.13. The summed E-state index contributed by atoms with van der Waals surface area (Å²) in [4.78, 5) is 14.1. The Morgan fingerprint density at radius 3 is 2.88 bits per heavy atom. The van der Waals surface area contributed by atoms with E-state index in [0.29, 0.717) is 10.2 Å². The van der Waals surface area contributed by atoms with Crippen molar-refractivity contribution >= 4 is 29.1 Å². The van der Waals surface area contributed by atoms with E-state index in [1.165, 1.54) is 16.8 Å². The van der Waals surface area contributed by atoms with E-state index in [1.807, 2.05) is 0 Å². The van der Waals surface area contributed by atoms with Crippen LogP contribution >= 0.6 is 23.4 Å². The van der Waals surface area contributed by atoms with Gasteiger partial charge < -0.3 is 0 Å². The summed E-state index contributed by atoms with van der Waals surface area (Å²) in [7, 11) is 1.65. The van der Waals surface area contributed by atoms with Crippen LogP contribution in [0.4, 0.5) is 5.69 Å². The predicted octanol–water partition coefficient (Wildman–Crippen LogP) is 1.32. The van der Waals surface area contributed by atoms with Crippen LogP contribution in [-0.4, -0.2) is 30.1 Å². The van der Waals surface area contributed by atoms with Crippen molar-refractivity contribution in [3.8, 4) is 0 Å². The number of nitro groups is 1. The minimum absolute atomic E-state index is 0.0526. The zero-order valence-corrected chi connectivity index (χ0v) is 10.0. The lowest BCUT2D eigenvalue weighted by Crippen LogP contribution is -1.94. The van der Waals surface area contributed by atoms with E-state index in [4.69, 9.17) is 11.6 Å². The number of hydrogen-bond donors (Lipinski definition) is 0. The van der Waals surface area contributed by atoms with Gasteiger partial charge in [-0.25, -0.2) is 9.67 Å². The molecule has 2 aromatic rings. The Labute approximate surface area is 104 Å². The topological polar surface area (TPSA) is 99.6 Å². The smallest absolute Gasteiger partial charge is 0.258 e. The summed E-state index contributed by atoms with van der Waals surface area (Å²) in [6.45, 7) is 0. The molecule has 0 spiro atoms. The number of aryl methyl sites for hydroxylation is 1. The van der Waals surface area contributed by atoms with Crippen LogP contribution in [0.3, 0.4) is 0 Å². The molecule has 0 unspecified atom stereocenters. The molecular formula is C7H5ClN6O2S. The lowest BCUT2D eigenvalue weighted by Gasteiger charge is -1.99. The van der Waals surface area contributed by atoms with E-state index in [0.717, 1.165) is 11.8 Å². The van der Waals surface area contributed by atoms with Gasteiger partial charge in [-0.05, 0) is 22.2 Å². The number of tetrazole rings is 1. The number of aromatic nitrogens is 5. The third-order valence-electron chi connectivity index (χ3n) is 1.74. The lowest BCUT2D eigenvalue weighted by molar-refractivity contribution is -0.385. The summed E-state index contributed by atoms with van der Waals surface area (Å²) in [5.74, 6) is 0. The Hall–Kier alpha value is -1.74. The van der Waals surface area contributed by atoms with Gasteiger partial charge in [0, 0.05) is 13.1 Å². The number of hydrogen-bond acceptors (Lipinski definition) is 7. The van der Waals surface area contributed by atoms with Crippen molar-refractivity contribution in [1.29, 1.82) is 0 Å². The summed E-state index contributed by atoms with van der Waals surface area (Å²) in [5, 5.41) is 22.3. The molecule has 2 heterocycles. The van der Waals surface area contributed by atoms with Crippen molar-refractivity contribution in [1.82, 2.24) is 25.2 Å². The lowest BCUT2D eigenvalue weighted by atomic mass is 10.4. The van der Waals surface area contributed by atoms with Crippen molar-refractivity contribution < 1.29 is 4.92 Å². The Bertz CT molecular complexity index is 573. The van der Waals surface area contributed by atoms with Crippen molar-refractivity contribution in [2.45, 2.75) is 10.2 Å². The summed E-state index contributed by atoms with van der Waals surface area (Å²) < 4.78 is 1.43. The van der Waals surface area contributed by atoms with Crippen LogP contribution in [0.1, 0.15) is 0 Å². The quantitative estimate of drug-likeness (QED) is 0.472. The highest BCUT2D eigenvalue weighted by atomic mass is 35.5. The average molecular weight is 273 g/mol. The molecule has 88 valence electrons. The monoisotopic (exact) mass is 272 g/mol. The number of pyridine rings is 1. The first-order chi connectivity index (χ1) is 8.06. The van der Waals surface area contributed by atoms with E-state index in [2.05, 4.69) is 20.5 Å². The van der Waals surface area contributed by atoms with Crippen molar-refractivity contribution in [2.24, 2.45) is 7.05 Å². The average Bonchev–Trinajstić information content (AvgIpc) is 2.63. The second-order valence-electron chi connectivity index (χ2n) is 2.93. The largest absolute Gasteiger partial charge is 0.275 e. The van der Waals surface area contributed by atoms with Gasteiger partial charge in [0.05, 0.1) is 11.0 Å². The third kappa shape index (κ3) is 2.68. The first kappa shape index (κ1) is 11.7. The maximum atomic E-state index is 10.6. The molecule has 10 heteroatoms. The fraction of sp³-hybridized carbons (Fsp3) is 0.143. The normalized spacial score (nSPS) is 10.5. The highest BCUT2D eigenvalue weighted by molar-refractivity contribution is 7.99. The second kappa shape index (κ2) is 4.63. The predicted molar refractivity (Wildman–Crippen MR) is 58.8 cm³/mol. The third-order valence-corrected chi connectivity index (χ3v) is 2.88. The summed E-state index contributed by atoms with van der Waals surface area (Å²) in [5.41, 5.74) is -0.123. The maximum absolute atomic E-state index is 10.6. The van der Waals surface area contributed by atoms with E-state index >= 15 is 0 Å². The Morgan fingerprint density at radius 1 is 1.53 bits per heavy atom. The minimum atomic E-state index is -0.535. The van der Waals surface area contributed by atoms with E-state index in [9.17, 15) is 10.1 Å². The fourth-order valence-electron chi connectivity index (χ4n) is 1.02. The molecule has 2 rings (SSSR count). The number of halogens is 1. The molecule has 0 radical (unpaired) electrons. The van der Waals surface area contributed by atoms with Crippen LogP contribution in [0.25, 0.3) is 0 Å². The van der Waals surface area contributed by atoms with Crippen molar-refractivity contribution in [3.63, 3.8) is 0 Å². The molecule has 0 aliphatic heterocycles. The van der Waals surface area contributed by atoms with E-state index in [-0.39, 0.29) is 10.8 Å². The second-order valence-corrected chi connectivity index (χ2v) is 4.31. The molecule has 0 N–H and O–H groups in total. The Kier molecular flexibility index (Phi) is 3.20. The van der Waals surface area contributed by atoms with Gasteiger partial charge in [0.15, 0.2) is 0 Å². The maximum Gasteiger partial charge on any atom is 0.275 e. The van der Waals surface area contributed by atoms with E-state index in [1.54, 1.807) is 7.05 Å². The Balaban J connectivity index is 2.33. The van der Waals surface area contributed by atoms with Gasteiger partial charge in [0.2, 0.25) is 5.16 Å². The van der Waals surface area contributed by atoms with Crippen LogP contribution in [0.2, 0.25) is 5.15 Å². The van der Waals surface area contributed by atoms with Crippen molar-refractivity contribution in [3.05, 3.63) is 27.4 Å². The van der Waals surface area contributed by atoms with Crippen LogP contribution in [0.15, 0.2) is 22.3 Å². The summed E-state index contributed by atoms with van der Waals surface area (Å²) in [6.07, 6.45) is 0. The first-order valence-electron chi connectivity index (χ1n) is 4.28. The molecule has 0 fully saturated rings. The highest BCUT2D eigenvalue weighted by Crippen LogP contribution is 2.28. The van der Waals surface area contributed by atoms with Gasteiger partial charge in [0.25, 0.3) is 5.69 Å². The number of rotatable bonds is 3. The van der Waals surface area contributed by atoms with Crippen LogP contribution in [0, 0.1) is 10.1 Å². The van der Waals surface area contributed by atoms with Crippen LogP contribution < -0.4 is 0 Å². The molecule has 8 nitrogen and oxygen atoms in total.